The van der Waals surface area contributed by atoms with Crippen molar-refractivity contribution in [2.45, 2.75) is 13.5 Å². The SMILES string of the molecule is CC(C#CCO)COCc1ccccc1. The molecule has 2 heteroatoms. The smallest absolute Gasteiger partial charge is 0.104 e. The van der Waals surface area contributed by atoms with Gasteiger partial charge in [0.15, 0.2) is 0 Å². The summed E-state index contributed by atoms with van der Waals surface area (Å²) in [7, 11) is 0. The highest BCUT2D eigenvalue weighted by molar-refractivity contribution is 5.13. The number of hydrogen-bond donors (Lipinski definition) is 1. The Bertz CT molecular complexity index is 321. The lowest BCUT2D eigenvalue weighted by molar-refractivity contribution is 0.106. The van der Waals surface area contributed by atoms with E-state index in [0.29, 0.717) is 13.2 Å². The predicted octanol–water partition coefficient (Wildman–Crippen LogP) is 1.83. The van der Waals surface area contributed by atoms with Gasteiger partial charge in [-0.25, -0.2) is 0 Å². The summed E-state index contributed by atoms with van der Waals surface area (Å²) in [6.07, 6.45) is 0. The molecule has 1 aromatic rings. The van der Waals surface area contributed by atoms with Crippen LogP contribution in [0.4, 0.5) is 0 Å². The van der Waals surface area contributed by atoms with Gasteiger partial charge in [0.05, 0.1) is 13.2 Å². The van der Waals surface area contributed by atoms with Crippen LogP contribution in [0.3, 0.4) is 0 Å². The Hall–Kier alpha value is -1.30. The summed E-state index contributed by atoms with van der Waals surface area (Å²) in [6, 6.07) is 10.0. The van der Waals surface area contributed by atoms with Crippen LogP contribution >= 0.6 is 0 Å². The van der Waals surface area contributed by atoms with Crippen molar-refractivity contribution in [3.63, 3.8) is 0 Å². The van der Waals surface area contributed by atoms with Crippen LogP contribution in [0.5, 0.6) is 0 Å². The number of aliphatic hydroxyl groups is 1. The Balaban J connectivity index is 2.22. The van der Waals surface area contributed by atoms with Crippen LogP contribution < -0.4 is 0 Å². The maximum Gasteiger partial charge on any atom is 0.104 e. The number of benzene rings is 1. The van der Waals surface area contributed by atoms with Crippen LogP contribution in [0.15, 0.2) is 30.3 Å². The summed E-state index contributed by atoms with van der Waals surface area (Å²) in [5.41, 5.74) is 1.17. The molecule has 0 amide bonds. The maximum atomic E-state index is 8.50. The van der Waals surface area contributed by atoms with Gasteiger partial charge in [-0.3, -0.25) is 0 Å². The Labute approximate surface area is 90.9 Å². The molecule has 0 bridgehead atoms. The zero-order valence-electron chi connectivity index (χ0n) is 8.94. The van der Waals surface area contributed by atoms with E-state index in [9.17, 15) is 0 Å². The van der Waals surface area contributed by atoms with E-state index < -0.39 is 0 Å². The first kappa shape index (κ1) is 11.8. The fourth-order valence-electron chi connectivity index (χ4n) is 1.19. The molecular weight excluding hydrogens is 188 g/mol. The van der Waals surface area contributed by atoms with Gasteiger partial charge in [-0.2, -0.15) is 0 Å². The number of hydrogen-bond acceptors (Lipinski definition) is 2. The van der Waals surface area contributed by atoms with E-state index in [0.717, 1.165) is 0 Å². The van der Waals surface area contributed by atoms with Crippen LogP contribution in [0, 0.1) is 17.8 Å². The zero-order valence-corrected chi connectivity index (χ0v) is 8.94. The third-order valence-corrected chi connectivity index (χ3v) is 1.91. The topological polar surface area (TPSA) is 29.5 Å². The second-order valence-electron chi connectivity index (χ2n) is 3.38. The number of ether oxygens (including phenoxy) is 1. The van der Waals surface area contributed by atoms with Crippen LogP contribution in [0.2, 0.25) is 0 Å². The highest BCUT2D eigenvalue weighted by atomic mass is 16.5. The summed E-state index contributed by atoms with van der Waals surface area (Å²) in [6.45, 7) is 3.12. The van der Waals surface area contributed by atoms with E-state index in [1.54, 1.807) is 0 Å². The van der Waals surface area contributed by atoms with E-state index >= 15 is 0 Å². The minimum Gasteiger partial charge on any atom is -0.384 e. The van der Waals surface area contributed by atoms with E-state index in [1.807, 2.05) is 37.3 Å². The molecule has 2 nitrogen and oxygen atoms in total. The second-order valence-corrected chi connectivity index (χ2v) is 3.38. The minimum absolute atomic E-state index is 0.0803. The first-order chi connectivity index (χ1) is 7.33. The van der Waals surface area contributed by atoms with Crippen molar-refractivity contribution in [2.75, 3.05) is 13.2 Å². The van der Waals surface area contributed by atoms with Crippen molar-refractivity contribution in [3.05, 3.63) is 35.9 Å². The summed E-state index contributed by atoms with van der Waals surface area (Å²) in [4.78, 5) is 0. The van der Waals surface area contributed by atoms with Gasteiger partial charge in [-0.05, 0) is 12.5 Å². The van der Waals surface area contributed by atoms with Crippen molar-refractivity contribution in [1.29, 1.82) is 0 Å². The van der Waals surface area contributed by atoms with Crippen LogP contribution in [0.25, 0.3) is 0 Å². The monoisotopic (exact) mass is 204 g/mol. The first-order valence-electron chi connectivity index (χ1n) is 5.04. The molecular formula is C13H16O2. The molecule has 0 saturated carbocycles. The van der Waals surface area contributed by atoms with Crippen LogP contribution in [-0.4, -0.2) is 18.3 Å². The molecule has 0 radical (unpaired) electrons. The lowest BCUT2D eigenvalue weighted by atomic mass is 10.2. The Morgan fingerprint density at radius 1 is 1.33 bits per heavy atom. The normalized spacial score (nSPS) is 11.6. The van der Waals surface area contributed by atoms with E-state index in [1.165, 1.54) is 5.56 Å². The molecule has 1 rings (SSSR count). The lowest BCUT2D eigenvalue weighted by Gasteiger charge is -2.06. The molecule has 0 aliphatic rings. The molecule has 0 aliphatic carbocycles. The molecule has 1 unspecified atom stereocenters. The van der Waals surface area contributed by atoms with Crippen molar-refractivity contribution >= 4 is 0 Å². The highest BCUT2D eigenvalue weighted by Gasteiger charge is 1.97. The van der Waals surface area contributed by atoms with E-state index in [2.05, 4.69) is 11.8 Å². The molecule has 0 saturated heterocycles. The highest BCUT2D eigenvalue weighted by Crippen LogP contribution is 2.02. The quantitative estimate of drug-likeness (QED) is 0.758. The molecule has 15 heavy (non-hydrogen) atoms. The molecule has 0 aromatic heterocycles. The van der Waals surface area contributed by atoms with Gasteiger partial charge < -0.3 is 9.84 Å². The molecule has 0 fully saturated rings. The Morgan fingerprint density at radius 2 is 2.07 bits per heavy atom. The Kier molecular flexibility index (Phi) is 5.54. The third-order valence-electron chi connectivity index (χ3n) is 1.91. The predicted molar refractivity (Wildman–Crippen MR) is 60.1 cm³/mol. The zero-order chi connectivity index (χ0) is 10.9. The number of aliphatic hydroxyl groups excluding tert-OH is 1. The maximum absolute atomic E-state index is 8.50. The average molecular weight is 204 g/mol. The second kappa shape index (κ2) is 7.05. The summed E-state index contributed by atoms with van der Waals surface area (Å²) in [5, 5.41) is 8.50. The van der Waals surface area contributed by atoms with Crippen molar-refractivity contribution in [1.82, 2.24) is 0 Å². The van der Waals surface area contributed by atoms with Gasteiger partial charge in [0.25, 0.3) is 0 Å². The molecule has 0 aliphatic heterocycles. The van der Waals surface area contributed by atoms with Gasteiger partial charge in [0.2, 0.25) is 0 Å². The summed E-state index contributed by atoms with van der Waals surface area (Å²) < 4.78 is 5.49. The standard InChI is InChI=1S/C13H16O2/c1-12(6-5-9-14)10-15-11-13-7-3-2-4-8-13/h2-4,7-8,12,14H,9-11H2,1H3. The fraction of sp³-hybridized carbons (Fsp3) is 0.385. The van der Waals surface area contributed by atoms with Crippen LogP contribution in [0.1, 0.15) is 12.5 Å². The fourth-order valence-corrected chi connectivity index (χ4v) is 1.19. The molecule has 1 atom stereocenters. The molecule has 1 N–H and O–H groups in total. The largest absolute Gasteiger partial charge is 0.384 e. The third kappa shape index (κ3) is 5.21. The van der Waals surface area contributed by atoms with Gasteiger partial charge in [0, 0.05) is 5.92 Å². The van der Waals surface area contributed by atoms with E-state index in [-0.39, 0.29) is 12.5 Å². The van der Waals surface area contributed by atoms with Gasteiger partial charge in [-0.1, -0.05) is 42.2 Å². The summed E-state index contributed by atoms with van der Waals surface area (Å²) >= 11 is 0. The van der Waals surface area contributed by atoms with E-state index in [4.69, 9.17) is 9.84 Å². The molecule has 0 heterocycles. The van der Waals surface area contributed by atoms with Gasteiger partial charge in [-0.15, -0.1) is 0 Å². The molecule has 1 aromatic carbocycles. The first-order valence-corrected chi connectivity index (χ1v) is 5.04. The Morgan fingerprint density at radius 3 is 2.73 bits per heavy atom. The number of rotatable bonds is 4. The summed E-state index contributed by atoms with van der Waals surface area (Å²) in [5.74, 6) is 5.68. The van der Waals surface area contributed by atoms with Gasteiger partial charge >= 0.3 is 0 Å². The molecule has 80 valence electrons. The average Bonchev–Trinajstić information content (AvgIpc) is 2.28. The van der Waals surface area contributed by atoms with Crippen molar-refractivity contribution in [3.8, 4) is 11.8 Å². The van der Waals surface area contributed by atoms with Crippen molar-refractivity contribution in [2.24, 2.45) is 5.92 Å². The van der Waals surface area contributed by atoms with Crippen LogP contribution in [-0.2, 0) is 11.3 Å². The minimum atomic E-state index is -0.0803. The molecule has 0 spiro atoms. The van der Waals surface area contributed by atoms with Gasteiger partial charge in [0.1, 0.15) is 6.61 Å². The van der Waals surface area contributed by atoms with Crippen molar-refractivity contribution < 1.29 is 9.84 Å². The lowest BCUT2D eigenvalue weighted by Crippen LogP contribution is -2.03.